The van der Waals surface area contributed by atoms with E-state index in [0.717, 1.165) is 52.2 Å². The summed E-state index contributed by atoms with van der Waals surface area (Å²) in [5.74, 6) is 2.40. The molecule has 156 valence electrons. The monoisotopic (exact) mass is 426 g/mol. The number of hydrogen-bond acceptors (Lipinski definition) is 5. The lowest BCUT2D eigenvalue weighted by Crippen LogP contribution is -2.17. The maximum atomic E-state index is 12.7. The summed E-state index contributed by atoms with van der Waals surface area (Å²) in [7, 11) is -3.82. The number of rotatable bonds is 9. The first-order chi connectivity index (χ1) is 13.4. The molecule has 0 saturated carbocycles. The molecule has 1 atom stereocenters. The van der Waals surface area contributed by atoms with E-state index in [9.17, 15) is 8.42 Å². The van der Waals surface area contributed by atoms with Gasteiger partial charge in [-0.1, -0.05) is 47.9 Å². The summed E-state index contributed by atoms with van der Waals surface area (Å²) in [6.45, 7) is 3.83. The first-order valence-electron chi connectivity index (χ1n) is 9.84. The van der Waals surface area contributed by atoms with Crippen molar-refractivity contribution in [1.29, 1.82) is 0 Å². The van der Waals surface area contributed by atoms with Gasteiger partial charge in [0.2, 0.25) is 0 Å². The van der Waals surface area contributed by atoms with Gasteiger partial charge in [0, 0.05) is 28.9 Å². The quantitative estimate of drug-likeness (QED) is 0.514. The zero-order chi connectivity index (χ0) is 20.2. The molecule has 1 fully saturated rings. The smallest absolute Gasteiger partial charge is 0.276 e. The van der Waals surface area contributed by atoms with E-state index in [2.05, 4.69) is 0 Å². The lowest BCUT2D eigenvalue weighted by Gasteiger charge is -2.35. The van der Waals surface area contributed by atoms with Crippen molar-refractivity contribution < 1.29 is 21.5 Å². The Bertz CT molecular complexity index is 904. The third kappa shape index (κ3) is 4.64. The first-order valence-corrected chi connectivity index (χ1v) is 13.3. The Morgan fingerprint density at radius 2 is 1.75 bits per heavy atom. The fraction of sp³-hybridized carbons (Fsp3) is 0.524. The Morgan fingerprint density at radius 1 is 1.07 bits per heavy atom. The largest absolute Gasteiger partial charge is 0.465 e. The SMILES string of the molecule is CCCCS(=O)(=O)OS1(c2ccc(OC(C)OC)c3ccccc23)CCCC1. The van der Waals surface area contributed by atoms with E-state index in [-0.39, 0.29) is 12.0 Å². The van der Waals surface area contributed by atoms with Crippen LogP contribution in [0.2, 0.25) is 0 Å². The van der Waals surface area contributed by atoms with Gasteiger partial charge in [-0.05, 0) is 43.7 Å². The highest BCUT2D eigenvalue weighted by molar-refractivity contribution is 8.33. The van der Waals surface area contributed by atoms with Crippen molar-refractivity contribution in [2.75, 3.05) is 24.4 Å². The highest BCUT2D eigenvalue weighted by atomic mass is 32.3. The van der Waals surface area contributed by atoms with Gasteiger partial charge in [0.15, 0.2) is 6.29 Å². The molecule has 1 heterocycles. The van der Waals surface area contributed by atoms with Crippen molar-refractivity contribution in [1.82, 2.24) is 0 Å². The molecule has 0 aromatic heterocycles. The van der Waals surface area contributed by atoms with Crippen molar-refractivity contribution in [3.8, 4) is 5.75 Å². The van der Waals surface area contributed by atoms with Crippen LogP contribution in [-0.4, -0.2) is 39.1 Å². The van der Waals surface area contributed by atoms with Crippen molar-refractivity contribution in [3.63, 3.8) is 0 Å². The molecule has 1 aliphatic heterocycles. The fourth-order valence-electron chi connectivity index (χ4n) is 3.55. The summed E-state index contributed by atoms with van der Waals surface area (Å²) in [6, 6.07) is 11.9. The first kappa shape index (κ1) is 21.4. The van der Waals surface area contributed by atoms with Crippen LogP contribution in [0.5, 0.6) is 5.75 Å². The van der Waals surface area contributed by atoms with Crippen LogP contribution in [0, 0.1) is 0 Å². The topological polar surface area (TPSA) is 61.8 Å². The Labute approximate surface area is 170 Å². The Morgan fingerprint density at radius 3 is 2.39 bits per heavy atom. The van der Waals surface area contributed by atoms with Gasteiger partial charge >= 0.3 is 0 Å². The minimum absolute atomic E-state index is 0.0860. The number of benzene rings is 2. The van der Waals surface area contributed by atoms with Crippen LogP contribution >= 0.6 is 10.3 Å². The van der Waals surface area contributed by atoms with E-state index in [0.29, 0.717) is 6.42 Å². The van der Waals surface area contributed by atoms with Crippen LogP contribution in [0.25, 0.3) is 10.8 Å². The normalized spacial score (nSPS) is 18.8. The van der Waals surface area contributed by atoms with Gasteiger partial charge in [-0.3, -0.25) is 0 Å². The molecule has 3 rings (SSSR count). The summed E-state index contributed by atoms with van der Waals surface area (Å²) in [5, 5.41) is 1.96. The number of methoxy groups -OCH3 is 1. The molecule has 28 heavy (non-hydrogen) atoms. The highest BCUT2D eigenvalue weighted by Crippen LogP contribution is 2.64. The molecule has 0 amide bonds. The second kappa shape index (κ2) is 9.03. The second-order valence-electron chi connectivity index (χ2n) is 7.14. The van der Waals surface area contributed by atoms with Gasteiger partial charge in [0.1, 0.15) is 5.75 Å². The van der Waals surface area contributed by atoms with Crippen LogP contribution in [-0.2, 0) is 18.5 Å². The summed E-state index contributed by atoms with van der Waals surface area (Å²) in [6.07, 6.45) is 3.07. The average Bonchev–Trinajstić information content (AvgIpc) is 3.15. The van der Waals surface area contributed by atoms with Crippen LogP contribution in [0.3, 0.4) is 0 Å². The third-order valence-corrected chi connectivity index (χ3v) is 10.8. The Hall–Kier alpha value is -1.28. The van der Waals surface area contributed by atoms with Crippen LogP contribution < -0.4 is 4.74 Å². The van der Waals surface area contributed by atoms with E-state index < -0.39 is 20.4 Å². The van der Waals surface area contributed by atoms with E-state index in [4.69, 9.17) is 13.1 Å². The Kier molecular flexibility index (Phi) is 6.91. The number of hydrogen-bond donors (Lipinski definition) is 0. The van der Waals surface area contributed by atoms with Gasteiger partial charge in [-0.2, -0.15) is 8.42 Å². The van der Waals surface area contributed by atoms with Gasteiger partial charge in [-0.25, -0.2) is 3.63 Å². The molecule has 7 heteroatoms. The lowest BCUT2D eigenvalue weighted by atomic mass is 10.1. The van der Waals surface area contributed by atoms with Gasteiger partial charge in [0.05, 0.1) is 5.75 Å². The zero-order valence-electron chi connectivity index (χ0n) is 16.8. The maximum absolute atomic E-state index is 12.7. The van der Waals surface area contributed by atoms with E-state index in [1.54, 1.807) is 7.11 Å². The van der Waals surface area contributed by atoms with Crippen molar-refractivity contribution >= 4 is 31.2 Å². The van der Waals surface area contributed by atoms with E-state index in [1.807, 2.05) is 50.2 Å². The predicted octanol–water partition coefficient (Wildman–Crippen LogP) is 5.23. The third-order valence-electron chi connectivity index (χ3n) is 5.05. The number of fused-ring (bicyclic) bond motifs is 1. The van der Waals surface area contributed by atoms with Crippen LogP contribution in [0.15, 0.2) is 41.3 Å². The minimum Gasteiger partial charge on any atom is -0.465 e. The van der Waals surface area contributed by atoms with Crippen molar-refractivity contribution in [3.05, 3.63) is 36.4 Å². The minimum atomic E-state index is -3.55. The summed E-state index contributed by atoms with van der Waals surface area (Å²) in [5.41, 5.74) is 0. The zero-order valence-corrected chi connectivity index (χ0v) is 18.5. The highest BCUT2D eigenvalue weighted by Gasteiger charge is 2.37. The summed E-state index contributed by atoms with van der Waals surface area (Å²) < 4.78 is 42.5. The predicted molar refractivity (Wildman–Crippen MR) is 116 cm³/mol. The molecule has 0 N–H and O–H groups in total. The molecule has 0 aliphatic carbocycles. The molecular formula is C21H30O5S2. The van der Waals surface area contributed by atoms with Crippen molar-refractivity contribution in [2.24, 2.45) is 0 Å². The molecule has 0 spiro atoms. The molecule has 5 nitrogen and oxygen atoms in total. The van der Waals surface area contributed by atoms with Crippen LogP contribution in [0.1, 0.15) is 39.5 Å². The number of ether oxygens (including phenoxy) is 2. The number of unbranched alkanes of at least 4 members (excludes halogenated alkanes) is 1. The molecule has 0 radical (unpaired) electrons. The van der Waals surface area contributed by atoms with Gasteiger partial charge < -0.3 is 9.47 Å². The standard InChI is InChI=1S/C21H30O5S2/c1-4-5-16-28(22,23)26-27(14-8-9-15-27)21-13-12-20(25-17(2)24-3)18-10-6-7-11-19(18)21/h6-7,10-13,17H,4-5,8-9,14-16H2,1-3H3. The molecule has 1 saturated heterocycles. The molecule has 0 bridgehead atoms. The summed E-state index contributed by atoms with van der Waals surface area (Å²) >= 11 is 0. The van der Waals surface area contributed by atoms with E-state index >= 15 is 0 Å². The summed E-state index contributed by atoms with van der Waals surface area (Å²) in [4.78, 5) is 1.01. The van der Waals surface area contributed by atoms with Gasteiger partial charge in [-0.15, -0.1) is 0 Å². The fourth-order valence-corrected chi connectivity index (χ4v) is 9.77. The molecule has 1 aliphatic rings. The van der Waals surface area contributed by atoms with E-state index in [1.165, 1.54) is 0 Å². The molecule has 2 aromatic rings. The van der Waals surface area contributed by atoms with Gasteiger partial charge in [0.25, 0.3) is 10.1 Å². The molecule has 2 aromatic carbocycles. The average molecular weight is 427 g/mol. The maximum Gasteiger partial charge on any atom is 0.276 e. The van der Waals surface area contributed by atoms with Crippen LogP contribution in [0.4, 0.5) is 0 Å². The van der Waals surface area contributed by atoms with Crippen molar-refractivity contribution in [2.45, 2.75) is 50.7 Å². The second-order valence-corrected chi connectivity index (χ2v) is 12.1. The molecule has 1 unspecified atom stereocenters. The Balaban J connectivity index is 2.06. The molecular weight excluding hydrogens is 396 g/mol. The lowest BCUT2D eigenvalue weighted by molar-refractivity contribution is -0.0373.